The molecule has 0 N–H and O–H groups in total. The molecule has 240 valence electrons. The van der Waals surface area contributed by atoms with E-state index in [4.69, 9.17) is 15.0 Å². The Balaban J connectivity index is 1.25. The lowest BCUT2D eigenvalue weighted by molar-refractivity contribution is 0.0780. The summed E-state index contributed by atoms with van der Waals surface area (Å²) in [6, 6.07) is 46.2. The number of aromatic nitrogens is 3. The molecular formula is C45H40N4. The number of hydrogen-bond donors (Lipinski definition) is 0. The summed E-state index contributed by atoms with van der Waals surface area (Å²) in [6.45, 7) is 4.89. The summed E-state index contributed by atoms with van der Waals surface area (Å²) < 4.78 is 0. The molecule has 0 spiro atoms. The molecule has 2 bridgehead atoms. The molecule has 4 nitrogen and oxygen atoms in total. The number of benzene rings is 5. The Kier molecular flexibility index (Phi) is 8.14. The molecule has 0 amide bonds. The van der Waals surface area contributed by atoms with Gasteiger partial charge < -0.3 is 0 Å². The lowest BCUT2D eigenvalue weighted by atomic mass is 9.54. The number of rotatable bonds is 6. The van der Waals surface area contributed by atoms with E-state index in [2.05, 4.69) is 98.8 Å². The normalized spacial score (nSPS) is 21.5. The topological polar surface area (TPSA) is 62.5 Å². The number of nitriles is 1. The third-order valence-electron chi connectivity index (χ3n) is 10.7. The molecule has 0 aliphatic heterocycles. The van der Waals surface area contributed by atoms with E-state index in [1.54, 1.807) is 0 Å². The zero-order valence-electron chi connectivity index (χ0n) is 28.2. The van der Waals surface area contributed by atoms with E-state index in [1.807, 2.05) is 48.5 Å². The van der Waals surface area contributed by atoms with Crippen molar-refractivity contribution in [2.45, 2.75) is 51.4 Å². The first kappa shape index (κ1) is 30.9. The van der Waals surface area contributed by atoms with Gasteiger partial charge in [-0.15, -0.1) is 0 Å². The van der Waals surface area contributed by atoms with Gasteiger partial charge in [-0.2, -0.15) is 5.26 Å². The summed E-state index contributed by atoms with van der Waals surface area (Å²) in [4.78, 5) is 15.3. The van der Waals surface area contributed by atoms with Gasteiger partial charge >= 0.3 is 0 Å². The fourth-order valence-corrected chi connectivity index (χ4v) is 8.84. The van der Waals surface area contributed by atoms with E-state index in [0.717, 1.165) is 56.7 Å². The van der Waals surface area contributed by atoms with Gasteiger partial charge in [-0.05, 0) is 113 Å². The minimum atomic E-state index is 0.276. The summed E-state index contributed by atoms with van der Waals surface area (Å²) in [5.74, 6) is 4.33. The SMILES string of the molecule is C[C@@H]1CC2C[C@H](C)CC(c3ccc(-c4nc(-c5ccccc5)nc(-c5cc(-c6ccccc6)cc(-c6ccc(C#N)cc6)c5)n4)cc3)(C2)C1. The molecule has 2 aliphatic carbocycles. The van der Waals surface area contributed by atoms with Crippen molar-refractivity contribution in [3.8, 4) is 62.5 Å². The van der Waals surface area contributed by atoms with Gasteiger partial charge in [0.25, 0.3) is 0 Å². The van der Waals surface area contributed by atoms with E-state index in [1.165, 1.54) is 37.7 Å². The van der Waals surface area contributed by atoms with Crippen molar-refractivity contribution < 1.29 is 0 Å². The van der Waals surface area contributed by atoms with E-state index < -0.39 is 0 Å². The van der Waals surface area contributed by atoms with Crippen molar-refractivity contribution >= 4 is 0 Å². The number of fused-ring (bicyclic) bond motifs is 2. The molecule has 4 heteroatoms. The average molecular weight is 637 g/mol. The van der Waals surface area contributed by atoms with Gasteiger partial charge in [0.2, 0.25) is 0 Å². The molecule has 2 saturated carbocycles. The Morgan fingerprint density at radius 2 is 0.959 bits per heavy atom. The van der Waals surface area contributed by atoms with Gasteiger partial charge in [0, 0.05) is 16.7 Å². The van der Waals surface area contributed by atoms with Gasteiger partial charge in [0.15, 0.2) is 17.5 Å². The first-order valence-electron chi connectivity index (χ1n) is 17.6. The van der Waals surface area contributed by atoms with Crippen LogP contribution in [0.1, 0.15) is 57.1 Å². The van der Waals surface area contributed by atoms with Crippen LogP contribution in [0.3, 0.4) is 0 Å². The summed E-state index contributed by atoms with van der Waals surface area (Å²) >= 11 is 0. The summed E-state index contributed by atoms with van der Waals surface area (Å²) in [6.07, 6.45) is 6.62. The first-order valence-corrected chi connectivity index (χ1v) is 17.6. The molecule has 8 rings (SSSR count). The monoisotopic (exact) mass is 636 g/mol. The smallest absolute Gasteiger partial charge is 0.164 e. The zero-order valence-corrected chi connectivity index (χ0v) is 28.2. The lowest BCUT2D eigenvalue weighted by Gasteiger charge is -2.50. The van der Waals surface area contributed by atoms with Gasteiger partial charge in [0.05, 0.1) is 11.6 Å². The van der Waals surface area contributed by atoms with Gasteiger partial charge in [0.1, 0.15) is 0 Å². The van der Waals surface area contributed by atoms with Crippen LogP contribution in [0, 0.1) is 29.1 Å². The molecule has 2 unspecified atom stereocenters. The molecule has 49 heavy (non-hydrogen) atoms. The molecule has 1 aromatic heterocycles. The molecule has 1 heterocycles. The highest BCUT2D eigenvalue weighted by Gasteiger charge is 2.45. The van der Waals surface area contributed by atoms with Crippen LogP contribution in [-0.4, -0.2) is 15.0 Å². The second-order valence-electron chi connectivity index (χ2n) is 14.5. The molecule has 0 radical (unpaired) electrons. The van der Waals surface area contributed by atoms with Gasteiger partial charge in [-0.1, -0.05) is 111 Å². The van der Waals surface area contributed by atoms with Crippen LogP contribution in [0.5, 0.6) is 0 Å². The minimum absolute atomic E-state index is 0.276. The van der Waals surface area contributed by atoms with Crippen LogP contribution >= 0.6 is 0 Å². The molecule has 0 saturated heterocycles. The first-order chi connectivity index (χ1) is 23.9. The van der Waals surface area contributed by atoms with E-state index in [9.17, 15) is 5.26 Å². The average Bonchev–Trinajstić information content (AvgIpc) is 3.14. The van der Waals surface area contributed by atoms with E-state index >= 15 is 0 Å². The molecular weight excluding hydrogens is 597 g/mol. The summed E-state index contributed by atoms with van der Waals surface area (Å²) in [7, 11) is 0. The summed E-state index contributed by atoms with van der Waals surface area (Å²) in [5.41, 5.74) is 9.50. The van der Waals surface area contributed by atoms with E-state index in [-0.39, 0.29) is 5.41 Å². The minimum Gasteiger partial charge on any atom is -0.208 e. The van der Waals surface area contributed by atoms with Crippen molar-refractivity contribution in [3.05, 3.63) is 139 Å². The van der Waals surface area contributed by atoms with Crippen LogP contribution in [0.15, 0.2) is 127 Å². The van der Waals surface area contributed by atoms with Crippen LogP contribution in [0.4, 0.5) is 0 Å². The number of nitrogens with zero attached hydrogens (tertiary/aromatic N) is 4. The third kappa shape index (κ3) is 6.30. The number of hydrogen-bond acceptors (Lipinski definition) is 4. The molecule has 2 aliphatic rings. The predicted molar refractivity (Wildman–Crippen MR) is 198 cm³/mol. The third-order valence-corrected chi connectivity index (χ3v) is 10.7. The fraction of sp³-hybridized carbons (Fsp3) is 0.244. The Bertz CT molecular complexity index is 2110. The Morgan fingerprint density at radius 3 is 1.51 bits per heavy atom. The van der Waals surface area contributed by atoms with Crippen molar-refractivity contribution in [3.63, 3.8) is 0 Å². The Labute approximate surface area is 289 Å². The molecule has 6 aromatic rings. The second-order valence-corrected chi connectivity index (χ2v) is 14.5. The molecule has 4 atom stereocenters. The highest BCUT2D eigenvalue weighted by molar-refractivity contribution is 5.80. The lowest BCUT2D eigenvalue weighted by Crippen LogP contribution is -2.42. The van der Waals surface area contributed by atoms with Crippen molar-refractivity contribution in [2.75, 3.05) is 0 Å². The highest BCUT2D eigenvalue weighted by atomic mass is 15.0. The quantitative estimate of drug-likeness (QED) is 0.182. The molecule has 2 fully saturated rings. The largest absolute Gasteiger partial charge is 0.208 e. The van der Waals surface area contributed by atoms with Crippen LogP contribution < -0.4 is 0 Å². The maximum atomic E-state index is 9.39. The van der Waals surface area contributed by atoms with Crippen LogP contribution in [0.25, 0.3) is 56.4 Å². The molecule has 5 aromatic carbocycles. The summed E-state index contributed by atoms with van der Waals surface area (Å²) in [5, 5.41) is 9.39. The van der Waals surface area contributed by atoms with Crippen LogP contribution in [-0.2, 0) is 5.41 Å². The van der Waals surface area contributed by atoms with E-state index in [0.29, 0.717) is 23.0 Å². The van der Waals surface area contributed by atoms with Crippen molar-refractivity contribution in [2.24, 2.45) is 17.8 Å². The zero-order chi connectivity index (χ0) is 33.4. The second kappa shape index (κ2) is 12.9. The maximum Gasteiger partial charge on any atom is 0.164 e. The van der Waals surface area contributed by atoms with Gasteiger partial charge in [-0.25, -0.2) is 15.0 Å². The Morgan fingerprint density at radius 1 is 0.510 bits per heavy atom. The van der Waals surface area contributed by atoms with Crippen molar-refractivity contribution in [1.29, 1.82) is 5.26 Å². The fourth-order valence-electron chi connectivity index (χ4n) is 8.84. The maximum absolute atomic E-state index is 9.39. The van der Waals surface area contributed by atoms with Gasteiger partial charge in [-0.3, -0.25) is 0 Å². The van der Waals surface area contributed by atoms with Crippen LogP contribution in [0.2, 0.25) is 0 Å². The standard InChI is InChI=1S/C45H40N4/c1-30-21-33-22-31(2)27-45(26-30,28-33)41-19-17-37(18-20-41)43-47-42(36-11-7-4-8-12-36)48-44(49-43)40-24-38(34-9-5-3-6-10-34)23-39(25-40)35-15-13-32(29-46)14-16-35/h3-20,23-25,30-31,33H,21-22,26-28H2,1-2H3/t30-,31+,33?,45?. The van der Waals surface area contributed by atoms with Crippen molar-refractivity contribution in [1.82, 2.24) is 15.0 Å². The predicted octanol–water partition coefficient (Wildman–Crippen LogP) is 11.2. The Hall–Kier alpha value is -5.40. The highest BCUT2D eigenvalue weighted by Crippen LogP contribution is 2.54.